The second-order valence-electron chi connectivity index (χ2n) is 4.29. The maximum atomic E-state index is 13.7. The van der Waals surface area contributed by atoms with Gasteiger partial charge in [0.1, 0.15) is 11.6 Å². The molecule has 1 aliphatic rings. The van der Waals surface area contributed by atoms with Crippen LogP contribution in [0.25, 0.3) is 0 Å². The van der Waals surface area contributed by atoms with E-state index in [1.54, 1.807) is 0 Å². The Bertz CT molecular complexity index is 453. The highest BCUT2D eigenvalue weighted by atomic mass is 35.5. The highest BCUT2D eigenvalue weighted by Gasteiger charge is 2.27. The topological polar surface area (TPSA) is 58.4 Å². The van der Waals surface area contributed by atoms with Crippen LogP contribution in [0.3, 0.4) is 0 Å². The number of hydrogen-bond donors (Lipinski definition) is 2. The molecule has 0 bridgehead atoms. The van der Waals surface area contributed by atoms with Crippen molar-refractivity contribution in [1.29, 1.82) is 0 Å². The molecule has 1 heterocycles. The lowest BCUT2D eigenvalue weighted by molar-refractivity contribution is 0.249. The van der Waals surface area contributed by atoms with E-state index in [4.69, 9.17) is 5.73 Å². The molecule has 2 amide bonds. The average Bonchev–Trinajstić information content (AvgIpc) is 2.33. The van der Waals surface area contributed by atoms with Gasteiger partial charge in [-0.05, 0) is 38.1 Å². The van der Waals surface area contributed by atoms with Gasteiger partial charge in [-0.25, -0.2) is 13.6 Å². The second kappa shape index (κ2) is 6.68. The summed E-state index contributed by atoms with van der Waals surface area (Å²) >= 11 is 0. The normalized spacial score (nSPS) is 15.7. The van der Waals surface area contributed by atoms with E-state index in [1.807, 2.05) is 0 Å². The van der Waals surface area contributed by atoms with Crippen molar-refractivity contribution in [3.05, 3.63) is 29.8 Å². The number of amides is 2. The fraction of sp³-hybridized carbons (Fsp3) is 0.417. The van der Waals surface area contributed by atoms with Crippen LogP contribution < -0.4 is 16.0 Å². The van der Waals surface area contributed by atoms with Gasteiger partial charge in [0.15, 0.2) is 0 Å². The predicted octanol–water partition coefficient (Wildman–Crippen LogP) is 2.02. The molecule has 0 atom stereocenters. The first-order chi connectivity index (χ1) is 8.59. The maximum absolute atomic E-state index is 13.7. The minimum Gasteiger partial charge on any atom is -0.351 e. The number of carbonyl (C=O) groups is 1. The van der Waals surface area contributed by atoms with Crippen LogP contribution in [0.1, 0.15) is 12.8 Å². The molecule has 19 heavy (non-hydrogen) atoms. The zero-order valence-corrected chi connectivity index (χ0v) is 11.1. The van der Waals surface area contributed by atoms with E-state index in [1.165, 1.54) is 11.0 Å². The summed E-state index contributed by atoms with van der Waals surface area (Å²) in [4.78, 5) is 12.7. The maximum Gasteiger partial charge on any atom is 0.319 e. The smallest absolute Gasteiger partial charge is 0.319 e. The number of primary amides is 1. The molecule has 7 heteroatoms. The number of nitrogens with zero attached hydrogens (tertiary/aromatic N) is 1. The van der Waals surface area contributed by atoms with E-state index in [9.17, 15) is 13.6 Å². The van der Waals surface area contributed by atoms with Gasteiger partial charge in [0.2, 0.25) is 0 Å². The number of piperidine rings is 1. The van der Waals surface area contributed by atoms with Crippen molar-refractivity contribution < 1.29 is 13.6 Å². The lowest BCUT2D eigenvalue weighted by Crippen LogP contribution is -2.49. The van der Waals surface area contributed by atoms with Gasteiger partial charge in [0.05, 0.1) is 5.69 Å². The first kappa shape index (κ1) is 15.7. The van der Waals surface area contributed by atoms with Crippen LogP contribution in [-0.4, -0.2) is 25.2 Å². The largest absolute Gasteiger partial charge is 0.351 e. The number of halogens is 3. The van der Waals surface area contributed by atoms with E-state index < -0.39 is 17.7 Å². The molecule has 3 N–H and O–H groups in total. The summed E-state index contributed by atoms with van der Waals surface area (Å²) in [7, 11) is 0. The minimum atomic E-state index is -0.771. The fourth-order valence-corrected chi connectivity index (χ4v) is 2.24. The lowest BCUT2D eigenvalue weighted by Gasteiger charge is -2.33. The van der Waals surface area contributed by atoms with Crippen molar-refractivity contribution in [3.8, 4) is 0 Å². The molecule has 2 rings (SSSR count). The van der Waals surface area contributed by atoms with Gasteiger partial charge < -0.3 is 11.1 Å². The van der Waals surface area contributed by atoms with Crippen LogP contribution in [0.15, 0.2) is 18.2 Å². The SMILES string of the molecule is Cl.NC(=O)N(c1ccc(F)cc1F)C1CCNCC1. The summed E-state index contributed by atoms with van der Waals surface area (Å²) in [6.45, 7) is 1.49. The van der Waals surface area contributed by atoms with Crippen LogP contribution in [0.4, 0.5) is 19.3 Å². The van der Waals surface area contributed by atoms with Crippen molar-refractivity contribution in [2.45, 2.75) is 18.9 Å². The number of nitrogens with one attached hydrogen (secondary N) is 1. The number of urea groups is 1. The van der Waals surface area contributed by atoms with Gasteiger partial charge in [-0.15, -0.1) is 12.4 Å². The number of anilines is 1. The van der Waals surface area contributed by atoms with Crippen LogP contribution in [-0.2, 0) is 0 Å². The molecular weight excluding hydrogens is 276 g/mol. The first-order valence-electron chi connectivity index (χ1n) is 5.84. The predicted molar refractivity (Wildman–Crippen MR) is 71.6 cm³/mol. The van der Waals surface area contributed by atoms with Gasteiger partial charge in [-0.1, -0.05) is 0 Å². The van der Waals surface area contributed by atoms with Crippen LogP contribution >= 0.6 is 12.4 Å². The molecule has 1 aromatic carbocycles. The van der Waals surface area contributed by atoms with Crippen molar-refractivity contribution >= 4 is 24.1 Å². The number of benzene rings is 1. The molecule has 106 valence electrons. The standard InChI is InChI=1S/C12H15F2N3O.ClH/c13-8-1-2-11(10(14)7-8)17(12(15)18)9-3-5-16-6-4-9;/h1-2,7,9,16H,3-6H2,(H2,15,18);1H. The van der Waals surface area contributed by atoms with E-state index in [0.717, 1.165) is 25.2 Å². The Morgan fingerprint density at radius 1 is 1.32 bits per heavy atom. The Hall–Kier alpha value is -1.40. The average molecular weight is 292 g/mol. The molecule has 0 aromatic heterocycles. The molecule has 4 nitrogen and oxygen atoms in total. The molecule has 0 saturated carbocycles. The van der Waals surface area contributed by atoms with Crippen molar-refractivity contribution in [2.24, 2.45) is 5.73 Å². The molecule has 1 aromatic rings. The number of rotatable bonds is 2. The molecular formula is C12H16ClF2N3O. The molecule has 0 unspecified atom stereocenters. The quantitative estimate of drug-likeness (QED) is 0.876. The Morgan fingerprint density at radius 3 is 2.47 bits per heavy atom. The third kappa shape index (κ3) is 3.54. The number of hydrogen-bond acceptors (Lipinski definition) is 2. The highest BCUT2D eigenvalue weighted by molar-refractivity contribution is 5.91. The number of nitrogens with two attached hydrogens (primary N) is 1. The van der Waals surface area contributed by atoms with Gasteiger partial charge in [-0.2, -0.15) is 0 Å². The summed E-state index contributed by atoms with van der Waals surface area (Å²) in [6.07, 6.45) is 1.39. The fourth-order valence-electron chi connectivity index (χ4n) is 2.24. The third-order valence-electron chi connectivity index (χ3n) is 3.08. The van der Waals surface area contributed by atoms with Crippen molar-refractivity contribution in [3.63, 3.8) is 0 Å². The summed E-state index contributed by atoms with van der Waals surface area (Å²) in [5, 5.41) is 3.15. The second-order valence-corrected chi connectivity index (χ2v) is 4.29. The van der Waals surface area contributed by atoms with Gasteiger partial charge >= 0.3 is 6.03 Å². The summed E-state index contributed by atoms with van der Waals surface area (Å²) in [5.41, 5.74) is 5.35. The molecule has 0 spiro atoms. The van der Waals surface area contributed by atoms with E-state index >= 15 is 0 Å². The summed E-state index contributed by atoms with van der Waals surface area (Å²) in [5.74, 6) is -1.45. The molecule has 1 saturated heterocycles. The zero-order valence-electron chi connectivity index (χ0n) is 10.2. The van der Waals surface area contributed by atoms with Crippen molar-refractivity contribution in [2.75, 3.05) is 18.0 Å². The van der Waals surface area contributed by atoms with Crippen LogP contribution in [0.5, 0.6) is 0 Å². The Labute approximate surface area is 116 Å². The van der Waals surface area contributed by atoms with E-state index in [-0.39, 0.29) is 24.1 Å². The van der Waals surface area contributed by atoms with E-state index in [0.29, 0.717) is 12.8 Å². The first-order valence-corrected chi connectivity index (χ1v) is 5.84. The van der Waals surface area contributed by atoms with E-state index in [2.05, 4.69) is 5.32 Å². The molecule has 1 aliphatic heterocycles. The summed E-state index contributed by atoms with van der Waals surface area (Å²) < 4.78 is 26.6. The third-order valence-corrected chi connectivity index (χ3v) is 3.08. The lowest BCUT2D eigenvalue weighted by atomic mass is 10.0. The summed E-state index contributed by atoms with van der Waals surface area (Å²) in [6, 6.07) is 2.26. The molecule has 0 radical (unpaired) electrons. The monoisotopic (exact) mass is 291 g/mol. The number of carbonyl (C=O) groups excluding carboxylic acids is 1. The van der Waals surface area contributed by atoms with Gasteiger partial charge in [0.25, 0.3) is 0 Å². The molecule has 1 fully saturated rings. The highest BCUT2D eigenvalue weighted by Crippen LogP contribution is 2.25. The minimum absolute atomic E-state index is 0. The van der Waals surface area contributed by atoms with Gasteiger partial charge in [-0.3, -0.25) is 4.90 Å². The van der Waals surface area contributed by atoms with Crippen LogP contribution in [0, 0.1) is 11.6 Å². The Balaban J connectivity index is 0.00000180. The molecule has 0 aliphatic carbocycles. The van der Waals surface area contributed by atoms with Crippen LogP contribution in [0.2, 0.25) is 0 Å². The Morgan fingerprint density at radius 2 is 1.95 bits per heavy atom. The Kier molecular flexibility index (Phi) is 5.50. The van der Waals surface area contributed by atoms with Gasteiger partial charge in [0, 0.05) is 12.1 Å². The zero-order chi connectivity index (χ0) is 13.1. The van der Waals surface area contributed by atoms with Crippen molar-refractivity contribution in [1.82, 2.24) is 5.32 Å².